The molecule has 0 amide bonds. The molecule has 0 saturated carbocycles. The summed E-state index contributed by atoms with van der Waals surface area (Å²) in [7, 11) is 2.14. The van der Waals surface area contributed by atoms with Crippen LogP contribution in [0.1, 0.15) is 58.1 Å². The minimum atomic E-state index is -0.225. The summed E-state index contributed by atoms with van der Waals surface area (Å²) in [5.41, 5.74) is 1.97. The van der Waals surface area contributed by atoms with E-state index in [1.54, 1.807) is 0 Å². The average molecular weight is 425 g/mol. The third-order valence-corrected chi connectivity index (χ3v) is 6.50. The predicted molar refractivity (Wildman–Crippen MR) is 113 cm³/mol. The van der Waals surface area contributed by atoms with Crippen LogP contribution in [0, 0.1) is 5.92 Å². The molecule has 1 aromatic heterocycles. The van der Waals surface area contributed by atoms with E-state index in [0.29, 0.717) is 30.2 Å². The van der Waals surface area contributed by atoms with E-state index in [1.807, 2.05) is 6.92 Å². The maximum atomic E-state index is 12.4. The zero-order valence-corrected chi connectivity index (χ0v) is 18.7. The number of esters is 1. The van der Waals surface area contributed by atoms with Crippen molar-refractivity contribution in [3.63, 3.8) is 0 Å². The maximum Gasteiger partial charge on any atom is 0.315 e. The number of ether oxygens (including phenoxy) is 3. The number of nitrogens with zero attached hydrogens (tertiary/aromatic N) is 3. The molecule has 2 aliphatic heterocycles. The van der Waals surface area contributed by atoms with E-state index < -0.39 is 0 Å². The van der Waals surface area contributed by atoms with Crippen molar-refractivity contribution in [2.75, 3.05) is 40.0 Å². The van der Waals surface area contributed by atoms with Crippen molar-refractivity contribution in [3.05, 3.63) is 11.8 Å². The number of hydrogen-bond donors (Lipinski definition) is 0. The number of unbranched alkanes of at least 4 members (excludes halogenated alkanes) is 3. The summed E-state index contributed by atoms with van der Waals surface area (Å²) in [4.78, 5) is 12.4. The Bertz CT molecular complexity index is 702. The van der Waals surface area contributed by atoms with Gasteiger partial charge in [0.1, 0.15) is 12.2 Å². The molecule has 2 aliphatic rings. The molecule has 162 valence electrons. The fourth-order valence-electron chi connectivity index (χ4n) is 3.83. The zero-order chi connectivity index (χ0) is 20.7. The molecule has 0 bridgehead atoms. The number of rotatable bonds is 10. The second-order valence-corrected chi connectivity index (χ2v) is 8.83. The van der Waals surface area contributed by atoms with Crippen LogP contribution in [0.15, 0.2) is 6.08 Å². The monoisotopic (exact) mass is 424 g/mol. The summed E-state index contributed by atoms with van der Waals surface area (Å²) in [5.74, 6) is 0.370. The molecule has 3 atom stereocenters. The zero-order valence-electron chi connectivity index (χ0n) is 17.9. The lowest BCUT2D eigenvalue weighted by Crippen LogP contribution is -2.55. The van der Waals surface area contributed by atoms with Crippen molar-refractivity contribution in [1.82, 2.24) is 8.75 Å². The number of carbonyl (C=O) groups excluding carboxylic acids is 1. The number of hydrogen-bond acceptors (Lipinski definition) is 7. The van der Waals surface area contributed by atoms with Gasteiger partial charge in [-0.25, -0.2) is 0 Å². The molecular formula is C21H34N3O4S+. The van der Waals surface area contributed by atoms with E-state index in [9.17, 15) is 4.79 Å². The molecule has 0 aliphatic carbocycles. The summed E-state index contributed by atoms with van der Waals surface area (Å²) >= 11 is 1.19. The smallest absolute Gasteiger partial charge is 0.315 e. The topological polar surface area (TPSA) is 70.5 Å². The van der Waals surface area contributed by atoms with Crippen LogP contribution in [-0.4, -0.2) is 65.4 Å². The lowest BCUT2D eigenvalue weighted by Gasteiger charge is -2.41. The Morgan fingerprint density at radius 3 is 3.00 bits per heavy atom. The number of aromatic nitrogens is 2. The first-order valence-corrected chi connectivity index (χ1v) is 11.5. The van der Waals surface area contributed by atoms with Gasteiger partial charge in [0.05, 0.1) is 44.5 Å². The quantitative estimate of drug-likeness (QED) is 0.324. The van der Waals surface area contributed by atoms with Crippen molar-refractivity contribution >= 4 is 23.3 Å². The fraction of sp³-hybridized carbons (Fsp3) is 0.762. The van der Waals surface area contributed by atoms with E-state index in [0.717, 1.165) is 43.6 Å². The Hall–Kier alpha value is -1.51. The largest absolute Gasteiger partial charge is 0.475 e. The normalized spacial score (nSPS) is 25.5. The molecule has 0 spiro atoms. The van der Waals surface area contributed by atoms with Crippen LogP contribution in [0.3, 0.4) is 0 Å². The van der Waals surface area contributed by atoms with Gasteiger partial charge in [-0.1, -0.05) is 32.3 Å². The van der Waals surface area contributed by atoms with Crippen LogP contribution in [0.2, 0.25) is 0 Å². The second-order valence-electron chi connectivity index (χ2n) is 8.30. The molecule has 0 radical (unpaired) electrons. The van der Waals surface area contributed by atoms with Crippen molar-refractivity contribution in [1.29, 1.82) is 0 Å². The number of likely N-dealkylation sites (N-methyl/N-ethyl adjacent to an activating group) is 1. The van der Waals surface area contributed by atoms with E-state index in [4.69, 9.17) is 14.2 Å². The highest BCUT2D eigenvalue weighted by atomic mass is 32.1. The highest BCUT2D eigenvalue weighted by molar-refractivity contribution is 6.99. The van der Waals surface area contributed by atoms with Crippen LogP contribution < -0.4 is 4.74 Å². The first-order valence-electron chi connectivity index (χ1n) is 10.8. The van der Waals surface area contributed by atoms with Crippen LogP contribution >= 0.6 is 11.7 Å². The third kappa shape index (κ3) is 5.77. The minimum Gasteiger partial charge on any atom is -0.475 e. The van der Waals surface area contributed by atoms with Gasteiger partial charge in [0.15, 0.2) is 0 Å². The van der Waals surface area contributed by atoms with E-state index in [-0.39, 0.29) is 18.1 Å². The molecule has 0 N–H and O–H groups in total. The Morgan fingerprint density at radius 2 is 2.24 bits per heavy atom. The molecule has 2 unspecified atom stereocenters. The Morgan fingerprint density at radius 1 is 1.38 bits per heavy atom. The van der Waals surface area contributed by atoms with E-state index >= 15 is 0 Å². The van der Waals surface area contributed by atoms with Gasteiger partial charge in [0, 0.05) is 25.5 Å². The third-order valence-electron chi connectivity index (χ3n) is 5.99. The van der Waals surface area contributed by atoms with Crippen molar-refractivity contribution in [2.45, 2.75) is 58.6 Å². The first-order chi connectivity index (χ1) is 14.0. The van der Waals surface area contributed by atoms with Gasteiger partial charge in [-0.05, 0) is 12.8 Å². The summed E-state index contributed by atoms with van der Waals surface area (Å²) in [6.07, 6.45) is 8.32. The van der Waals surface area contributed by atoms with Gasteiger partial charge in [-0.2, -0.15) is 4.37 Å². The van der Waals surface area contributed by atoms with Gasteiger partial charge < -0.3 is 14.2 Å². The van der Waals surface area contributed by atoms with E-state index in [1.165, 1.54) is 31.0 Å². The van der Waals surface area contributed by atoms with Crippen LogP contribution in [0.4, 0.5) is 0 Å². The van der Waals surface area contributed by atoms with Crippen LogP contribution in [-0.2, 0) is 14.3 Å². The molecule has 29 heavy (non-hydrogen) atoms. The molecule has 1 fully saturated rings. The highest BCUT2D eigenvalue weighted by Gasteiger charge is 2.38. The maximum absolute atomic E-state index is 12.4. The fourth-order valence-corrected chi connectivity index (χ4v) is 4.36. The highest BCUT2D eigenvalue weighted by Crippen LogP contribution is 2.32. The van der Waals surface area contributed by atoms with Gasteiger partial charge in [0.25, 0.3) is 5.88 Å². The Kier molecular flexibility index (Phi) is 8.03. The predicted octanol–water partition coefficient (Wildman–Crippen LogP) is 3.66. The molecule has 1 aromatic rings. The summed E-state index contributed by atoms with van der Waals surface area (Å²) in [6.45, 7) is 7.65. The lowest BCUT2D eigenvalue weighted by atomic mass is 10.0. The van der Waals surface area contributed by atoms with Gasteiger partial charge in [-0.3, -0.25) is 9.28 Å². The molecular weight excluding hydrogens is 390 g/mol. The second kappa shape index (κ2) is 10.5. The van der Waals surface area contributed by atoms with Crippen LogP contribution in [0.5, 0.6) is 5.88 Å². The van der Waals surface area contributed by atoms with Gasteiger partial charge in [-0.15, -0.1) is 4.37 Å². The standard InChI is InChI=1S/C21H34N3O4S/c1-4-5-6-7-12-27-20-19(22-29-23-20)17-9-8-11-24(3,14-17)16(2)28-21(25)18-10-13-26-15-18/h9,16,18H,4-8,10-15H2,1-3H3/q+1/t16?,18-,24?/m1/s1. The van der Waals surface area contributed by atoms with Gasteiger partial charge in [0.2, 0.25) is 6.23 Å². The molecule has 3 rings (SSSR count). The summed E-state index contributed by atoms with van der Waals surface area (Å²) in [5, 5.41) is 0. The molecule has 1 saturated heterocycles. The van der Waals surface area contributed by atoms with Crippen LogP contribution in [0.25, 0.3) is 5.57 Å². The number of quaternary nitrogens is 1. The van der Waals surface area contributed by atoms with Crippen molar-refractivity contribution in [3.8, 4) is 5.88 Å². The van der Waals surface area contributed by atoms with Crippen molar-refractivity contribution < 1.29 is 23.5 Å². The molecule has 0 aromatic carbocycles. The van der Waals surface area contributed by atoms with Gasteiger partial charge >= 0.3 is 5.97 Å². The minimum absolute atomic E-state index is 0.126. The van der Waals surface area contributed by atoms with Crippen molar-refractivity contribution in [2.24, 2.45) is 5.92 Å². The average Bonchev–Trinajstić information content (AvgIpc) is 3.40. The molecule has 8 heteroatoms. The summed E-state index contributed by atoms with van der Waals surface area (Å²) in [6, 6.07) is 0. The molecule has 7 nitrogen and oxygen atoms in total. The Balaban J connectivity index is 1.59. The Labute approximate surface area is 177 Å². The first kappa shape index (κ1) is 22.2. The lowest BCUT2D eigenvalue weighted by molar-refractivity contribution is -0.944. The SMILES string of the molecule is CCCCCCOc1nsnc1C1=CCC[N+](C)(C(C)OC(=O)[C@@H]2CCOC2)C1. The van der Waals surface area contributed by atoms with E-state index in [2.05, 4.69) is 28.8 Å². The molecule has 3 heterocycles. The summed E-state index contributed by atoms with van der Waals surface area (Å²) < 4.78 is 26.6. The number of carbonyl (C=O) groups is 1.